The molecule has 0 aromatic rings. The minimum atomic E-state index is -4.96. The SMILES string of the molecule is CC(C)CCCCCCCCCCCCCCCCCC(=O)OC[C@H](COP(=O)(O)OC[C@@H](O)COP(=O)(O)OC[C@@H](COC(=O)CCCCCCCCC(C)C)OC(=O)CCCCCCCCCCC(C)C)OC(=O)CCCCCCCCCCCCCCCCC(C)C. The van der Waals surface area contributed by atoms with Gasteiger partial charge in [-0.25, -0.2) is 9.13 Å². The van der Waals surface area contributed by atoms with Gasteiger partial charge >= 0.3 is 39.5 Å². The summed E-state index contributed by atoms with van der Waals surface area (Å²) < 4.78 is 68.5. The summed E-state index contributed by atoms with van der Waals surface area (Å²) in [5, 5.41) is 10.6. The van der Waals surface area contributed by atoms with Gasteiger partial charge in [-0.05, 0) is 49.4 Å². The molecule has 95 heavy (non-hydrogen) atoms. The van der Waals surface area contributed by atoms with Crippen molar-refractivity contribution in [3.05, 3.63) is 0 Å². The summed E-state index contributed by atoms with van der Waals surface area (Å²) in [5.41, 5.74) is 0. The van der Waals surface area contributed by atoms with Gasteiger partial charge in [0.05, 0.1) is 26.4 Å². The first kappa shape index (κ1) is 93.1. The molecule has 0 radical (unpaired) electrons. The van der Waals surface area contributed by atoms with E-state index in [1.165, 1.54) is 180 Å². The molecule has 5 atom stereocenters. The molecule has 0 aliphatic rings. The van der Waals surface area contributed by atoms with Crippen LogP contribution in [0.25, 0.3) is 0 Å². The van der Waals surface area contributed by atoms with Gasteiger partial charge in [0.15, 0.2) is 12.2 Å². The van der Waals surface area contributed by atoms with Gasteiger partial charge < -0.3 is 33.8 Å². The van der Waals surface area contributed by atoms with Crippen LogP contribution >= 0.6 is 15.6 Å². The highest BCUT2D eigenvalue weighted by Gasteiger charge is 2.30. The third kappa shape index (κ3) is 70.3. The maximum atomic E-state index is 13.1. The Morgan fingerprint density at radius 3 is 0.653 bits per heavy atom. The van der Waals surface area contributed by atoms with Crippen LogP contribution in [0.5, 0.6) is 0 Å². The molecule has 0 aliphatic carbocycles. The van der Waals surface area contributed by atoms with Crippen molar-refractivity contribution in [2.75, 3.05) is 39.6 Å². The highest BCUT2D eigenvalue weighted by molar-refractivity contribution is 7.47. The zero-order valence-electron chi connectivity index (χ0n) is 62.3. The lowest BCUT2D eigenvalue weighted by Crippen LogP contribution is -2.30. The van der Waals surface area contributed by atoms with Crippen molar-refractivity contribution >= 4 is 39.5 Å². The number of aliphatic hydroxyl groups is 1. The molecule has 17 nitrogen and oxygen atoms in total. The maximum absolute atomic E-state index is 13.1. The Hall–Kier alpha value is -1.94. The van der Waals surface area contributed by atoms with Crippen molar-refractivity contribution in [2.45, 2.75) is 401 Å². The highest BCUT2D eigenvalue weighted by atomic mass is 31.2. The smallest absolute Gasteiger partial charge is 0.462 e. The van der Waals surface area contributed by atoms with Crippen LogP contribution in [0, 0.1) is 23.7 Å². The van der Waals surface area contributed by atoms with Gasteiger partial charge in [0.1, 0.15) is 19.3 Å². The molecule has 0 heterocycles. The largest absolute Gasteiger partial charge is 0.472 e. The number of hydrogen-bond acceptors (Lipinski definition) is 15. The summed E-state index contributed by atoms with van der Waals surface area (Å²) in [6.07, 6.45) is 50.2. The molecule has 0 aliphatic heterocycles. The number of hydrogen-bond donors (Lipinski definition) is 3. The fourth-order valence-electron chi connectivity index (χ4n) is 11.6. The molecule has 2 unspecified atom stereocenters. The van der Waals surface area contributed by atoms with Crippen LogP contribution in [0.4, 0.5) is 0 Å². The zero-order chi connectivity index (χ0) is 70.3. The summed E-state index contributed by atoms with van der Waals surface area (Å²) in [6, 6.07) is 0. The van der Waals surface area contributed by atoms with Crippen molar-refractivity contribution in [3.63, 3.8) is 0 Å². The first-order chi connectivity index (χ1) is 45.6. The number of ether oxygens (including phenoxy) is 4. The number of unbranched alkanes of at least 4 members (excludes halogenated alkanes) is 39. The lowest BCUT2D eigenvalue weighted by atomic mass is 10.0. The van der Waals surface area contributed by atoms with Gasteiger partial charge in [-0.3, -0.25) is 37.3 Å². The first-order valence-corrected chi connectivity index (χ1v) is 42.2. The fraction of sp³-hybridized carbons (Fsp3) is 0.947. The van der Waals surface area contributed by atoms with Crippen LogP contribution in [0.1, 0.15) is 383 Å². The standard InChI is InChI=1S/C76H148O17P2/c1-66(2)52-44-36-28-22-18-14-10-9-11-16-20-24-31-40-48-56-73(78)86-62-71(92-75(80)58-50-42-32-25-21-17-13-12-15-19-23-29-37-45-53-67(3)4)64-90-94(82,83)88-60-70(77)61-89-95(84,85)91-65-72(63-87-74(79)57-49-41-35-34-39-47-55-69(7)8)93-76(81)59-51-43-33-27-26-30-38-46-54-68(5)6/h66-72,77H,9-65H2,1-8H3,(H,82,83)(H,84,85)/t70-,71-,72-/m1/s1. The van der Waals surface area contributed by atoms with Crippen LogP contribution in [-0.2, 0) is 65.4 Å². The molecule has 0 rings (SSSR count). The summed E-state index contributed by atoms with van der Waals surface area (Å²) in [7, 11) is -9.91. The predicted molar refractivity (Wildman–Crippen MR) is 386 cm³/mol. The van der Waals surface area contributed by atoms with E-state index < -0.39 is 97.5 Å². The Labute approximate surface area is 581 Å². The van der Waals surface area contributed by atoms with Gasteiger partial charge in [-0.15, -0.1) is 0 Å². The van der Waals surface area contributed by atoms with Crippen LogP contribution in [-0.4, -0.2) is 96.7 Å². The second-order valence-electron chi connectivity index (χ2n) is 29.3. The van der Waals surface area contributed by atoms with Gasteiger partial charge in [0.2, 0.25) is 0 Å². The molecule has 0 bridgehead atoms. The molecule has 0 aromatic carbocycles. The second kappa shape index (κ2) is 65.4. The van der Waals surface area contributed by atoms with E-state index in [1.54, 1.807) is 0 Å². The van der Waals surface area contributed by atoms with Crippen LogP contribution in [0.3, 0.4) is 0 Å². The number of phosphoric acid groups is 2. The fourth-order valence-corrected chi connectivity index (χ4v) is 13.1. The molecule has 3 N–H and O–H groups in total. The molecule has 0 amide bonds. The number of phosphoric ester groups is 2. The van der Waals surface area contributed by atoms with Crippen LogP contribution in [0.15, 0.2) is 0 Å². The van der Waals surface area contributed by atoms with E-state index in [1.807, 2.05) is 0 Å². The Kier molecular flexibility index (Phi) is 64.0. The number of carbonyl (C=O) groups is 4. The van der Waals surface area contributed by atoms with Crippen LogP contribution < -0.4 is 0 Å². The van der Waals surface area contributed by atoms with Gasteiger partial charge in [0, 0.05) is 25.7 Å². The third-order valence-corrected chi connectivity index (χ3v) is 19.5. The molecule has 0 saturated heterocycles. The minimum absolute atomic E-state index is 0.103. The first-order valence-electron chi connectivity index (χ1n) is 39.2. The minimum Gasteiger partial charge on any atom is -0.462 e. The lowest BCUT2D eigenvalue weighted by Gasteiger charge is -2.21. The summed E-state index contributed by atoms with van der Waals surface area (Å²) in [5.74, 6) is 0.875. The van der Waals surface area contributed by atoms with Crippen molar-refractivity contribution in [3.8, 4) is 0 Å². The van der Waals surface area contributed by atoms with E-state index >= 15 is 0 Å². The zero-order valence-corrected chi connectivity index (χ0v) is 64.1. The molecular weight excluding hydrogens is 1250 g/mol. The van der Waals surface area contributed by atoms with E-state index in [-0.39, 0.29) is 25.7 Å². The summed E-state index contributed by atoms with van der Waals surface area (Å²) >= 11 is 0. The van der Waals surface area contributed by atoms with E-state index in [0.717, 1.165) is 114 Å². The van der Waals surface area contributed by atoms with Crippen LogP contribution in [0.2, 0.25) is 0 Å². The molecule has 19 heteroatoms. The monoisotopic (exact) mass is 1400 g/mol. The maximum Gasteiger partial charge on any atom is 0.472 e. The van der Waals surface area contributed by atoms with E-state index in [2.05, 4.69) is 55.4 Å². The molecular formula is C76H148O17P2. The quantitative estimate of drug-likeness (QED) is 0.0222. The molecule has 0 spiro atoms. The Morgan fingerprint density at radius 1 is 0.263 bits per heavy atom. The van der Waals surface area contributed by atoms with Crippen molar-refractivity contribution in [1.82, 2.24) is 0 Å². The lowest BCUT2D eigenvalue weighted by molar-refractivity contribution is -0.161. The highest BCUT2D eigenvalue weighted by Crippen LogP contribution is 2.45. The average molecular weight is 1400 g/mol. The number of carbonyl (C=O) groups excluding carboxylic acids is 4. The van der Waals surface area contributed by atoms with E-state index in [4.69, 9.17) is 37.0 Å². The number of esters is 4. The predicted octanol–water partition coefficient (Wildman–Crippen LogP) is 22.0. The van der Waals surface area contributed by atoms with E-state index in [9.17, 15) is 43.2 Å². The van der Waals surface area contributed by atoms with Gasteiger partial charge in [0.25, 0.3) is 0 Å². The normalized spacial score (nSPS) is 14.1. The van der Waals surface area contributed by atoms with Crippen molar-refractivity contribution < 1.29 is 80.2 Å². The number of aliphatic hydroxyl groups excluding tert-OH is 1. The summed E-state index contributed by atoms with van der Waals surface area (Å²) in [6.45, 7) is 14.1. The Bertz CT molecular complexity index is 1870. The van der Waals surface area contributed by atoms with Crippen molar-refractivity contribution in [2.24, 2.45) is 23.7 Å². The van der Waals surface area contributed by atoms with Gasteiger partial charge in [-0.2, -0.15) is 0 Å². The Balaban J connectivity index is 5.22. The Morgan fingerprint density at radius 2 is 0.442 bits per heavy atom. The number of rotatable bonds is 73. The molecule has 0 aromatic heterocycles. The second-order valence-corrected chi connectivity index (χ2v) is 32.2. The van der Waals surface area contributed by atoms with Crippen molar-refractivity contribution in [1.29, 1.82) is 0 Å². The van der Waals surface area contributed by atoms with Gasteiger partial charge in [-0.1, -0.05) is 331 Å². The average Bonchev–Trinajstić information content (AvgIpc) is 1.70. The molecule has 564 valence electrons. The van der Waals surface area contributed by atoms with E-state index in [0.29, 0.717) is 31.6 Å². The summed E-state index contributed by atoms with van der Waals surface area (Å²) in [4.78, 5) is 72.7. The molecule has 0 saturated carbocycles. The third-order valence-electron chi connectivity index (χ3n) is 17.6. The topological polar surface area (TPSA) is 237 Å². The molecule has 0 fully saturated rings.